The Bertz CT molecular complexity index is 732. The van der Waals surface area contributed by atoms with Crippen molar-refractivity contribution in [2.24, 2.45) is 0 Å². The van der Waals surface area contributed by atoms with Crippen LogP contribution in [0.2, 0.25) is 5.02 Å². The lowest BCUT2D eigenvalue weighted by Gasteiger charge is -2.11. The fourth-order valence-electron chi connectivity index (χ4n) is 1.99. The van der Waals surface area contributed by atoms with E-state index in [1.165, 1.54) is 0 Å². The van der Waals surface area contributed by atoms with E-state index in [0.717, 1.165) is 0 Å². The zero-order chi connectivity index (χ0) is 17.5. The smallest absolute Gasteiger partial charge is 0.262 e. The van der Waals surface area contributed by atoms with Gasteiger partial charge >= 0.3 is 0 Å². The van der Waals surface area contributed by atoms with Crippen LogP contribution >= 0.6 is 11.6 Å². The van der Waals surface area contributed by atoms with Crippen molar-refractivity contribution in [2.45, 2.75) is 19.9 Å². The van der Waals surface area contributed by atoms with E-state index in [9.17, 15) is 9.59 Å². The highest BCUT2D eigenvalue weighted by Gasteiger charge is 2.10. The molecule has 2 aromatic rings. The standard InChI is InChI=1S/C18H19ClN2O3/c1-12(2)20-18(23)13-6-5-7-14(10-13)21-17(22)11-24-16-9-4-3-8-15(16)19/h3-10,12H,11H2,1-2H3,(H,20,23)(H,21,22). The van der Waals surface area contributed by atoms with Gasteiger partial charge in [0, 0.05) is 17.3 Å². The second kappa shape index (κ2) is 8.36. The highest BCUT2D eigenvalue weighted by atomic mass is 35.5. The summed E-state index contributed by atoms with van der Waals surface area (Å²) in [6.07, 6.45) is 0. The fourth-order valence-corrected chi connectivity index (χ4v) is 2.18. The van der Waals surface area contributed by atoms with Gasteiger partial charge in [-0.05, 0) is 44.2 Å². The first-order valence-corrected chi connectivity index (χ1v) is 7.91. The van der Waals surface area contributed by atoms with Gasteiger partial charge in [0.2, 0.25) is 0 Å². The summed E-state index contributed by atoms with van der Waals surface area (Å²) < 4.78 is 5.38. The molecule has 0 saturated heterocycles. The monoisotopic (exact) mass is 346 g/mol. The molecule has 2 N–H and O–H groups in total. The number of halogens is 1. The second-order valence-corrected chi connectivity index (χ2v) is 5.88. The predicted molar refractivity (Wildman–Crippen MR) is 94.6 cm³/mol. The molecule has 2 rings (SSSR count). The number of anilines is 1. The number of benzene rings is 2. The minimum absolute atomic E-state index is 0.0415. The Hall–Kier alpha value is -2.53. The summed E-state index contributed by atoms with van der Waals surface area (Å²) in [5.74, 6) is -0.0795. The maximum absolute atomic E-state index is 12.0. The summed E-state index contributed by atoms with van der Waals surface area (Å²) in [6.45, 7) is 3.59. The third-order valence-electron chi connectivity index (χ3n) is 3.02. The van der Waals surface area contributed by atoms with Crippen molar-refractivity contribution in [3.63, 3.8) is 0 Å². The highest BCUT2D eigenvalue weighted by Crippen LogP contribution is 2.23. The molecule has 0 spiro atoms. The normalized spacial score (nSPS) is 10.3. The van der Waals surface area contributed by atoms with E-state index in [4.69, 9.17) is 16.3 Å². The number of carbonyl (C=O) groups is 2. The van der Waals surface area contributed by atoms with Gasteiger partial charge in [0.1, 0.15) is 5.75 Å². The Labute approximate surface area is 146 Å². The van der Waals surface area contributed by atoms with Crippen LogP contribution in [-0.4, -0.2) is 24.5 Å². The minimum atomic E-state index is -0.337. The molecule has 5 nitrogen and oxygen atoms in total. The van der Waals surface area contributed by atoms with Crippen molar-refractivity contribution >= 4 is 29.1 Å². The maximum atomic E-state index is 12.0. The summed E-state index contributed by atoms with van der Waals surface area (Å²) in [6, 6.07) is 13.7. The molecule has 0 saturated carbocycles. The molecule has 0 aromatic heterocycles. The van der Waals surface area contributed by atoms with Gasteiger partial charge in [0.15, 0.2) is 6.61 Å². The number of para-hydroxylation sites is 1. The number of ether oxygens (including phenoxy) is 1. The van der Waals surface area contributed by atoms with E-state index in [1.807, 2.05) is 13.8 Å². The van der Waals surface area contributed by atoms with Crippen LogP contribution in [0.3, 0.4) is 0 Å². The van der Waals surface area contributed by atoms with Gasteiger partial charge in [-0.2, -0.15) is 0 Å². The second-order valence-electron chi connectivity index (χ2n) is 5.48. The molecule has 0 aliphatic carbocycles. The van der Waals surface area contributed by atoms with E-state index < -0.39 is 0 Å². The van der Waals surface area contributed by atoms with Crippen molar-refractivity contribution in [1.82, 2.24) is 5.32 Å². The molecule has 0 fully saturated rings. The molecular weight excluding hydrogens is 328 g/mol. The fraction of sp³-hybridized carbons (Fsp3) is 0.222. The molecule has 2 amide bonds. The van der Waals surface area contributed by atoms with Gasteiger partial charge in [-0.25, -0.2) is 0 Å². The number of carbonyl (C=O) groups excluding carboxylic acids is 2. The van der Waals surface area contributed by atoms with E-state index in [-0.39, 0.29) is 24.5 Å². The van der Waals surface area contributed by atoms with Gasteiger partial charge < -0.3 is 15.4 Å². The highest BCUT2D eigenvalue weighted by molar-refractivity contribution is 6.32. The molecule has 0 heterocycles. The summed E-state index contributed by atoms with van der Waals surface area (Å²) >= 11 is 5.96. The maximum Gasteiger partial charge on any atom is 0.262 e. The SMILES string of the molecule is CC(C)NC(=O)c1cccc(NC(=O)COc2ccccc2Cl)c1. The topological polar surface area (TPSA) is 67.4 Å². The van der Waals surface area contributed by atoms with Crippen molar-refractivity contribution in [3.8, 4) is 5.75 Å². The quantitative estimate of drug-likeness (QED) is 0.841. The molecule has 0 aliphatic heterocycles. The van der Waals surface area contributed by atoms with Crippen LogP contribution in [0.1, 0.15) is 24.2 Å². The number of hydrogen-bond donors (Lipinski definition) is 2. The Morgan fingerprint density at radius 3 is 2.58 bits per heavy atom. The summed E-state index contributed by atoms with van der Waals surface area (Å²) in [5, 5.41) is 5.94. The zero-order valence-corrected chi connectivity index (χ0v) is 14.3. The first kappa shape index (κ1) is 17.8. The molecule has 6 heteroatoms. The van der Waals surface area contributed by atoms with Crippen LogP contribution in [0, 0.1) is 0 Å². The van der Waals surface area contributed by atoms with Crippen LogP contribution in [0.15, 0.2) is 48.5 Å². The minimum Gasteiger partial charge on any atom is -0.482 e. The molecule has 0 unspecified atom stereocenters. The summed E-state index contributed by atoms with van der Waals surface area (Å²) in [4.78, 5) is 24.0. The number of amides is 2. The number of nitrogens with one attached hydrogen (secondary N) is 2. The van der Waals surface area contributed by atoms with Crippen LogP contribution < -0.4 is 15.4 Å². The van der Waals surface area contributed by atoms with E-state index >= 15 is 0 Å². The molecule has 0 atom stereocenters. The number of hydrogen-bond acceptors (Lipinski definition) is 3. The third kappa shape index (κ3) is 5.28. The van der Waals surface area contributed by atoms with Crippen molar-refractivity contribution in [2.75, 3.05) is 11.9 Å². The lowest BCUT2D eigenvalue weighted by atomic mass is 10.2. The Kier molecular flexibility index (Phi) is 6.21. The summed E-state index contributed by atoms with van der Waals surface area (Å²) in [7, 11) is 0. The lowest BCUT2D eigenvalue weighted by molar-refractivity contribution is -0.118. The first-order valence-electron chi connectivity index (χ1n) is 7.54. The Balaban J connectivity index is 1.94. The van der Waals surface area contributed by atoms with Gasteiger partial charge in [-0.3, -0.25) is 9.59 Å². The van der Waals surface area contributed by atoms with Gasteiger partial charge in [0.25, 0.3) is 11.8 Å². The Morgan fingerprint density at radius 1 is 1.12 bits per heavy atom. The lowest BCUT2D eigenvalue weighted by Crippen LogP contribution is -2.30. The molecule has 126 valence electrons. The average Bonchev–Trinajstić information content (AvgIpc) is 2.54. The van der Waals surface area contributed by atoms with Gasteiger partial charge in [-0.15, -0.1) is 0 Å². The van der Waals surface area contributed by atoms with E-state index in [1.54, 1.807) is 48.5 Å². The molecule has 24 heavy (non-hydrogen) atoms. The van der Waals surface area contributed by atoms with Crippen LogP contribution in [0.25, 0.3) is 0 Å². The molecule has 2 aromatic carbocycles. The third-order valence-corrected chi connectivity index (χ3v) is 3.34. The van der Waals surface area contributed by atoms with Crippen molar-refractivity contribution in [1.29, 1.82) is 0 Å². The van der Waals surface area contributed by atoms with Gasteiger partial charge in [0.05, 0.1) is 5.02 Å². The average molecular weight is 347 g/mol. The van der Waals surface area contributed by atoms with E-state index in [0.29, 0.717) is 22.0 Å². The van der Waals surface area contributed by atoms with E-state index in [2.05, 4.69) is 10.6 Å². The van der Waals surface area contributed by atoms with Crippen molar-refractivity contribution < 1.29 is 14.3 Å². The van der Waals surface area contributed by atoms with Crippen LogP contribution in [-0.2, 0) is 4.79 Å². The molecule has 0 aliphatic rings. The van der Waals surface area contributed by atoms with Crippen LogP contribution in [0.5, 0.6) is 5.75 Å². The first-order chi connectivity index (χ1) is 11.5. The Morgan fingerprint density at radius 2 is 1.88 bits per heavy atom. The number of rotatable bonds is 6. The molecule has 0 bridgehead atoms. The molecule has 0 radical (unpaired) electrons. The summed E-state index contributed by atoms with van der Waals surface area (Å²) in [5.41, 5.74) is 1.01. The largest absolute Gasteiger partial charge is 0.482 e. The van der Waals surface area contributed by atoms with Crippen LogP contribution in [0.4, 0.5) is 5.69 Å². The molecular formula is C18H19ClN2O3. The predicted octanol–water partition coefficient (Wildman–Crippen LogP) is 3.50. The van der Waals surface area contributed by atoms with Gasteiger partial charge in [-0.1, -0.05) is 29.8 Å². The zero-order valence-electron chi connectivity index (χ0n) is 13.5. The van der Waals surface area contributed by atoms with Crippen molar-refractivity contribution in [3.05, 3.63) is 59.1 Å².